The summed E-state index contributed by atoms with van der Waals surface area (Å²) in [6.07, 6.45) is 6.62. The van der Waals surface area contributed by atoms with Gasteiger partial charge in [-0.1, -0.05) is 12.1 Å². The monoisotopic (exact) mass is 342 g/mol. The number of likely N-dealkylation sites (tertiary alicyclic amines) is 1. The lowest BCUT2D eigenvalue weighted by Crippen LogP contribution is -2.44. The molecule has 2 N–H and O–H groups in total. The second kappa shape index (κ2) is 8.05. The van der Waals surface area contributed by atoms with Crippen molar-refractivity contribution in [3.05, 3.63) is 47.5 Å². The van der Waals surface area contributed by atoms with E-state index in [1.807, 2.05) is 36.9 Å². The highest BCUT2D eigenvalue weighted by atomic mass is 16.5. The molecule has 1 atom stereocenters. The molecule has 1 aromatic heterocycles. The molecule has 2 amide bonds. The fraction of sp³-hybridized carbons (Fsp3) is 0.474. The van der Waals surface area contributed by atoms with Crippen LogP contribution >= 0.6 is 0 Å². The molecule has 6 heteroatoms. The number of amides is 2. The molecule has 0 bridgehead atoms. The summed E-state index contributed by atoms with van der Waals surface area (Å²) < 4.78 is 5.70. The van der Waals surface area contributed by atoms with E-state index in [4.69, 9.17) is 4.74 Å². The Bertz CT molecular complexity index is 699. The minimum Gasteiger partial charge on any atom is -0.494 e. The summed E-state index contributed by atoms with van der Waals surface area (Å²) in [7, 11) is 0. The van der Waals surface area contributed by atoms with Gasteiger partial charge in [0, 0.05) is 31.0 Å². The summed E-state index contributed by atoms with van der Waals surface area (Å²) in [6.45, 7) is 5.81. The first-order chi connectivity index (χ1) is 12.2. The van der Waals surface area contributed by atoms with Gasteiger partial charge in [-0.15, -0.1) is 0 Å². The highest BCUT2D eigenvalue weighted by molar-refractivity contribution is 5.74. The van der Waals surface area contributed by atoms with Crippen molar-refractivity contribution >= 4 is 6.03 Å². The molecule has 0 saturated carbocycles. The predicted octanol–water partition coefficient (Wildman–Crippen LogP) is 3.55. The van der Waals surface area contributed by atoms with Crippen LogP contribution < -0.4 is 10.1 Å². The Morgan fingerprint density at radius 2 is 2.32 bits per heavy atom. The van der Waals surface area contributed by atoms with E-state index in [2.05, 4.69) is 15.3 Å². The van der Waals surface area contributed by atoms with Crippen LogP contribution in [0.2, 0.25) is 0 Å². The number of aromatic amines is 1. The topological polar surface area (TPSA) is 70.2 Å². The van der Waals surface area contributed by atoms with E-state index in [9.17, 15) is 4.79 Å². The Hall–Kier alpha value is -2.50. The van der Waals surface area contributed by atoms with Crippen molar-refractivity contribution in [3.8, 4) is 5.75 Å². The molecule has 6 nitrogen and oxygen atoms in total. The van der Waals surface area contributed by atoms with Crippen LogP contribution in [0, 0.1) is 6.92 Å². The minimum absolute atomic E-state index is 0.0214. The maximum Gasteiger partial charge on any atom is 0.318 e. The number of aryl methyl sites for hydroxylation is 1. The molecule has 1 aliphatic rings. The smallest absolute Gasteiger partial charge is 0.318 e. The summed E-state index contributed by atoms with van der Waals surface area (Å²) >= 11 is 0. The third kappa shape index (κ3) is 4.13. The molecule has 1 aliphatic heterocycles. The predicted molar refractivity (Wildman–Crippen MR) is 96.5 cm³/mol. The average molecular weight is 342 g/mol. The number of urea groups is 1. The first kappa shape index (κ1) is 17.3. The zero-order valence-corrected chi connectivity index (χ0v) is 14.9. The number of hydrogen-bond acceptors (Lipinski definition) is 3. The lowest BCUT2D eigenvalue weighted by atomic mass is 10.0. The Balaban J connectivity index is 1.67. The van der Waals surface area contributed by atoms with Crippen LogP contribution in [0.3, 0.4) is 0 Å². The number of carbonyl (C=O) groups is 1. The van der Waals surface area contributed by atoms with Crippen molar-refractivity contribution in [2.75, 3.05) is 13.2 Å². The maximum absolute atomic E-state index is 12.7. The Kier molecular flexibility index (Phi) is 5.58. The lowest BCUT2D eigenvalue weighted by Gasteiger charge is -2.34. The van der Waals surface area contributed by atoms with E-state index in [0.717, 1.165) is 48.5 Å². The highest BCUT2D eigenvalue weighted by Gasteiger charge is 2.29. The van der Waals surface area contributed by atoms with Crippen LogP contribution in [0.15, 0.2) is 30.6 Å². The van der Waals surface area contributed by atoms with Crippen molar-refractivity contribution < 1.29 is 9.53 Å². The van der Waals surface area contributed by atoms with Gasteiger partial charge in [0.05, 0.1) is 12.6 Å². The van der Waals surface area contributed by atoms with E-state index in [1.54, 1.807) is 12.4 Å². The zero-order valence-electron chi connectivity index (χ0n) is 14.9. The van der Waals surface area contributed by atoms with Gasteiger partial charge in [-0.3, -0.25) is 0 Å². The highest BCUT2D eigenvalue weighted by Crippen LogP contribution is 2.29. The fourth-order valence-electron chi connectivity index (χ4n) is 3.29. The first-order valence-electron chi connectivity index (χ1n) is 8.95. The summed E-state index contributed by atoms with van der Waals surface area (Å²) in [6, 6.07) is 6.03. The maximum atomic E-state index is 12.7. The van der Waals surface area contributed by atoms with Crippen molar-refractivity contribution in [1.29, 1.82) is 0 Å². The van der Waals surface area contributed by atoms with Crippen molar-refractivity contribution in [2.24, 2.45) is 0 Å². The standard InChI is InChI=1S/C19H26N4O2/c1-3-25-17-12-14(2)7-8-15(17)13-22-19(24)23-11-5-4-6-16(23)18-20-9-10-21-18/h7-10,12,16H,3-6,11,13H2,1-2H3,(H,20,21)(H,22,24)/t16-/m1/s1. The van der Waals surface area contributed by atoms with Crippen LogP contribution in [0.25, 0.3) is 0 Å². The van der Waals surface area contributed by atoms with Gasteiger partial charge in [0.25, 0.3) is 0 Å². The molecular formula is C19H26N4O2. The van der Waals surface area contributed by atoms with Gasteiger partial charge in [0.15, 0.2) is 0 Å². The van der Waals surface area contributed by atoms with E-state index < -0.39 is 0 Å². The van der Waals surface area contributed by atoms with Crippen molar-refractivity contribution in [3.63, 3.8) is 0 Å². The lowest BCUT2D eigenvalue weighted by molar-refractivity contribution is 0.147. The van der Waals surface area contributed by atoms with Gasteiger partial charge in [-0.25, -0.2) is 9.78 Å². The quantitative estimate of drug-likeness (QED) is 0.873. The number of aromatic nitrogens is 2. The van der Waals surface area contributed by atoms with Crippen molar-refractivity contribution in [2.45, 2.75) is 45.7 Å². The number of carbonyl (C=O) groups excluding carboxylic acids is 1. The summed E-state index contributed by atoms with van der Waals surface area (Å²) in [4.78, 5) is 22.1. The second-order valence-corrected chi connectivity index (χ2v) is 6.38. The zero-order chi connectivity index (χ0) is 17.6. The van der Waals surface area contributed by atoms with E-state index in [-0.39, 0.29) is 12.1 Å². The first-order valence-corrected chi connectivity index (χ1v) is 8.95. The number of piperidine rings is 1. The molecule has 1 fully saturated rings. The van der Waals surface area contributed by atoms with E-state index >= 15 is 0 Å². The van der Waals surface area contributed by atoms with Crippen molar-refractivity contribution in [1.82, 2.24) is 20.2 Å². The Morgan fingerprint density at radius 1 is 1.44 bits per heavy atom. The number of nitrogens with zero attached hydrogens (tertiary/aromatic N) is 2. The minimum atomic E-state index is -0.0517. The Labute approximate surface area is 148 Å². The molecule has 2 aromatic rings. The molecule has 1 aromatic carbocycles. The van der Waals surface area contributed by atoms with Crippen LogP contribution in [-0.2, 0) is 6.54 Å². The fourth-order valence-corrected chi connectivity index (χ4v) is 3.29. The molecule has 1 saturated heterocycles. The third-order valence-corrected chi connectivity index (χ3v) is 4.55. The van der Waals surface area contributed by atoms with Gasteiger partial charge in [-0.05, 0) is 44.7 Å². The van der Waals surface area contributed by atoms with E-state index in [1.165, 1.54) is 0 Å². The van der Waals surface area contributed by atoms with Gasteiger partial charge in [-0.2, -0.15) is 0 Å². The molecule has 25 heavy (non-hydrogen) atoms. The third-order valence-electron chi connectivity index (χ3n) is 4.55. The number of hydrogen-bond donors (Lipinski definition) is 2. The van der Waals surface area contributed by atoms with Crippen LogP contribution in [-0.4, -0.2) is 34.1 Å². The number of imidazole rings is 1. The molecule has 2 heterocycles. The molecular weight excluding hydrogens is 316 g/mol. The molecule has 0 unspecified atom stereocenters. The van der Waals surface area contributed by atoms with E-state index in [0.29, 0.717) is 13.2 Å². The largest absolute Gasteiger partial charge is 0.494 e. The summed E-state index contributed by atoms with van der Waals surface area (Å²) in [5, 5.41) is 3.04. The van der Waals surface area contributed by atoms with Gasteiger partial charge < -0.3 is 19.9 Å². The molecule has 0 aliphatic carbocycles. The number of H-pyrrole nitrogens is 1. The Morgan fingerprint density at radius 3 is 3.08 bits per heavy atom. The summed E-state index contributed by atoms with van der Waals surface area (Å²) in [5.41, 5.74) is 2.14. The number of benzene rings is 1. The second-order valence-electron chi connectivity index (χ2n) is 6.38. The van der Waals surface area contributed by atoms with Crippen LogP contribution in [0.4, 0.5) is 4.79 Å². The van der Waals surface area contributed by atoms with Gasteiger partial charge >= 0.3 is 6.03 Å². The molecule has 134 valence electrons. The SMILES string of the molecule is CCOc1cc(C)ccc1CNC(=O)N1CCCC[C@@H]1c1ncc[nH]1. The van der Waals surface area contributed by atoms with Crippen LogP contribution in [0.5, 0.6) is 5.75 Å². The molecule has 0 radical (unpaired) electrons. The average Bonchev–Trinajstić information content (AvgIpc) is 3.15. The number of ether oxygens (including phenoxy) is 1. The molecule has 0 spiro atoms. The summed E-state index contributed by atoms with van der Waals surface area (Å²) in [5.74, 6) is 1.70. The number of rotatable bonds is 5. The van der Waals surface area contributed by atoms with Gasteiger partial charge in [0.2, 0.25) is 0 Å². The van der Waals surface area contributed by atoms with Gasteiger partial charge in [0.1, 0.15) is 11.6 Å². The normalized spacial score (nSPS) is 17.4. The number of nitrogens with one attached hydrogen (secondary N) is 2. The molecule has 3 rings (SSSR count). The van der Waals surface area contributed by atoms with Crippen LogP contribution in [0.1, 0.15) is 49.2 Å².